The van der Waals surface area contributed by atoms with E-state index >= 15 is 0 Å². The molecule has 68 valence electrons. The van der Waals surface area contributed by atoms with Crippen molar-refractivity contribution in [1.29, 1.82) is 0 Å². The van der Waals surface area contributed by atoms with Crippen LogP contribution < -0.4 is 0 Å². The topological polar surface area (TPSA) is 20.2 Å². The van der Waals surface area contributed by atoms with Crippen molar-refractivity contribution in [3.8, 4) is 0 Å². The highest BCUT2D eigenvalue weighted by molar-refractivity contribution is 4.54. The predicted molar refractivity (Wildman–Crippen MR) is 49.6 cm³/mol. The highest BCUT2D eigenvalue weighted by Gasteiger charge is 2.01. The molecule has 0 aliphatic heterocycles. The molecule has 0 radical (unpaired) electrons. The minimum Gasteiger partial charge on any atom is -0.396 e. The van der Waals surface area contributed by atoms with Gasteiger partial charge in [0.15, 0.2) is 0 Å². The van der Waals surface area contributed by atoms with Crippen molar-refractivity contribution in [2.75, 3.05) is 6.61 Å². The maximum absolute atomic E-state index is 8.65. The van der Waals surface area contributed by atoms with Gasteiger partial charge in [-0.1, -0.05) is 40.0 Å². The normalized spacial score (nSPS) is 13.9. The minimum atomic E-state index is 0.350. The van der Waals surface area contributed by atoms with E-state index in [9.17, 15) is 0 Å². The summed E-state index contributed by atoms with van der Waals surface area (Å²) in [4.78, 5) is 0. The van der Waals surface area contributed by atoms with Gasteiger partial charge in [0.25, 0.3) is 0 Å². The first-order valence-corrected chi connectivity index (χ1v) is 4.77. The Kier molecular flexibility index (Phi) is 6.63. The van der Waals surface area contributed by atoms with Crippen LogP contribution in [0, 0.1) is 11.8 Å². The van der Waals surface area contributed by atoms with Gasteiger partial charge in [-0.05, 0) is 18.3 Å². The van der Waals surface area contributed by atoms with Crippen molar-refractivity contribution in [2.45, 2.75) is 46.5 Å². The first-order chi connectivity index (χ1) is 5.16. The van der Waals surface area contributed by atoms with Crippen LogP contribution in [0.15, 0.2) is 0 Å². The molecule has 0 bridgehead atoms. The van der Waals surface area contributed by atoms with Crippen LogP contribution in [-0.2, 0) is 0 Å². The lowest BCUT2D eigenvalue weighted by molar-refractivity contribution is 0.255. The Hall–Kier alpha value is -0.0400. The second-order valence-corrected chi connectivity index (χ2v) is 3.94. The fourth-order valence-corrected chi connectivity index (χ4v) is 1.24. The maximum Gasteiger partial charge on any atom is 0.0433 e. The molecule has 1 nitrogen and oxygen atoms in total. The molecule has 0 aliphatic carbocycles. The second kappa shape index (κ2) is 6.66. The lowest BCUT2D eigenvalue weighted by Crippen LogP contribution is -1.98. The molecule has 0 saturated heterocycles. The number of rotatable bonds is 6. The molecular weight excluding hydrogens is 136 g/mol. The Bertz CT molecular complexity index is 78.9. The lowest BCUT2D eigenvalue weighted by Gasteiger charge is -2.09. The monoisotopic (exact) mass is 158 g/mol. The van der Waals surface area contributed by atoms with Crippen molar-refractivity contribution in [2.24, 2.45) is 11.8 Å². The van der Waals surface area contributed by atoms with Crippen molar-refractivity contribution in [3.05, 3.63) is 0 Å². The lowest BCUT2D eigenvalue weighted by atomic mass is 9.98. The summed E-state index contributed by atoms with van der Waals surface area (Å²) in [5, 5.41) is 8.65. The zero-order valence-corrected chi connectivity index (χ0v) is 8.14. The van der Waals surface area contributed by atoms with Crippen molar-refractivity contribution < 1.29 is 5.11 Å². The number of hydrogen-bond acceptors (Lipinski definition) is 1. The Morgan fingerprint density at radius 1 is 1.00 bits per heavy atom. The van der Waals surface area contributed by atoms with Crippen molar-refractivity contribution >= 4 is 0 Å². The SMILES string of the molecule is CC(C)CCC[C@@H](C)CCO. The van der Waals surface area contributed by atoms with Crippen LogP contribution in [0.4, 0.5) is 0 Å². The van der Waals surface area contributed by atoms with Crippen LogP contribution in [-0.4, -0.2) is 11.7 Å². The first kappa shape index (κ1) is 11.0. The van der Waals surface area contributed by atoms with Crippen LogP contribution >= 0.6 is 0 Å². The van der Waals surface area contributed by atoms with E-state index in [2.05, 4.69) is 20.8 Å². The molecule has 1 N–H and O–H groups in total. The molecule has 0 amide bonds. The summed E-state index contributed by atoms with van der Waals surface area (Å²) in [6.07, 6.45) is 4.89. The summed E-state index contributed by atoms with van der Waals surface area (Å²) >= 11 is 0. The third-order valence-electron chi connectivity index (χ3n) is 2.10. The Labute approximate surface area is 70.8 Å². The molecule has 0 aliphatic rings. The summed E-state index contributed by atoms with van der Waals surface area (Å²) in [6, 6.07) is 0. The highest BCUT2D eigenvalue weighted by atomic mass is 16.2. The number of hydrogen-bond donors (Lipinski definition) is 1. The van der Waals surface area contributed by atoms with Gasteiger partial charge in [0.2, 0.25) is 0 Å². The molecule has 0 heterocycles. The number of aliphatic hydroxyl groups is 1. The van der Waals surface area contributed by atoms with Gasteiger partial charge in [-0.25, -0.2) is 0 Å². The molecule has 0 aromatic carbocycles. The molecule has 0 unspecified atom stereocenters. The largest absolute Gasteiger partial charge is 0.396 e. The average molecular weight is 158 g/mol. The van der Waals surface area contributed by atoms with E-state index in [1.807, 2.05) is 0 Å². The van der Waals surface area contributed by atoms with E-state index in [0.29, 0.717) is 12.5 Å². The summed E-state index contributed by atoms with van der Waals surface area (Å²) in [5.41, 5.74) is 0. The molecule has 0 fully saturated rings. The van der Waals surface area contributed by atoms with Crippen LogP contribution in [0.3, 0.4) is 0 Å². The van der Waals surface area contributed by atoms with E-state index in [1.54, 1.807) is 0 Å². The van der Waals surface area contributed by atoms with Gasteiger partial charge in [-0.15, -0.1) is 0 Å². The van der Waals surface area contributed by atoms with Gasteiger partial charge >= 0.3 is 0 Å². The van der Waals surface area contributed by atoms with Crippen LogP contribution in [0.1, 0.15) is 46.5 Å². The Morgan fingerprint density at radius 3 is 2.09 bits per heavy atom. The van der Waals surface area contributed by atoms with Gasteiger partial charge in [-0.3, -0.25) is 0 Å². The van der Waals surface area contributed by atoms with Crippen LogP contribution in [0.25, 0.3) is 0 Å². The van der Waals surface area contributed by atoms with E-state index in [1.165, 1.54) is 19.3 Å². The highest BCUT2D eigenvalue weighted by Crippen LogP contribution is 2.14. The quantitative estimate of drug-likeness (QED) is 0.630. The summed E-state index contributed by atoms with van der Waals surface area (Å²) in [6.45, 7) is 7.09. The van der Waals surface area contributed by atoms with Gasteiger partial charge in [-0.2, -0.15) is 0 Å². The molecule has 0 spiro atoms. The first-order valence-electron chi connectivity index (χ1n) is 4.77. The maximum atomic E-state index is 8.65. The Morgan fingerprint density at radius 2 is 1.64 bits per heavy atom. The van der Waals surface area contributed by atoms with Crippen LogP contribution in [0.2, 0.25) is 0 Å². The molecule has 1 atom stereocenters. The fraction of sp³-hybridized carbons (Fsp3) is 1.00. The van der Waals surface area contributed by atoms with Crippen molar-refractivity contribution in [3.63, 3.8) is 0 Å². The third kappa shape index (κ3) is 7.86. The summed E-state index contributed by atoms with van der Waals surface area (Å²) in [7, 11) is 0. The van der Waals surface area contributed by atoms with E-state index < -0.39 is 0 Å². The van der Waals surface area contributed by atoms with Gasteiger partial charge < -0.3 is 5.11 Å². The molecule has 0 aromatic rings. The Balaban J connectivity index is 3.10. The molecular formula is C10H22O. The molecule has 0 saturated carbocycles. The van der Waals surface area contributed by atoms with Crippen LogP contribution in [0.5, 0.6) is 0 Å². The summed E-state index contributed by atoms with van der Waals surface area (Å²) in [5.74, 6) is 1.54. The van der Waals surface area contributed by atoms with Gasteiger partial charge in [0, 0.05) is 6.61 Å². The van der Waals surface area contributed by atoms with E-state index in [4.69, 9.17) is 5.11 Å². The van der Waals surface area contributed by atoms with E-state index in [0.717, 1.165) is 12.3 Å². The number of aliphatic hydroxyl groups excluding tert-OH is 1. The van der Waals surface area contributed by atoms with Gasteiger partial charge in [0.05, 0.1) is 0 Å². The van der Waals surface area contributed by atoms with Crippen molar-refractivity contribution in [1.82, 2.24) is 0 Å². The third-order valence-corrected chi connectivity index (χ3v) is 2.10. The van der Waals surface area contributed by atoms with E-state index in [-0.39, 0.29) is 0 Å². The standard InChI is InChI=1S/C10H22O/c1-9(2)5-4-6-10(3)7-8-11/h9-11H,4-8H2,1-3H3/t10-/m1/s1. The summed E-state index contributed by atoms with van der Waals surface area (Å²) < 4.78 is 0. The van der Waals surface area contributed by atoms with Gasteiger partial charge in [0.1, 0.15) is 0 Å². The second-order valence-electron chi connectivity index (χ2n) is 3.94. The molecule has 0 rings (SSSR count). The molecule has 0 aromatic heterocycles. The zero-order chi connectivity index (χ0) is 8.69. The molecule has 11 heavy (non-hydrogen) atoms. The fourth-order valence-electron chi connectivity index (χ4n) is 1.24. The minimum absolute atomic E-state index is 0.350. The average Bonchev–Trinajstić information content (AvgIpc) is 1.87. The predicted octanol–water partition coefficient (Wildman–Crippen LogP) is 2.83. The smallest absolute Gasteiger partial charge is 0.0433 e. The zero-order valence-electron chi connectivity index (χ0n) is 8.14. The molecule has 1 heteroatoms.